The number of fused-ring (bicyclic) bond motifs is 1. The molecular weight excluding hydrogens is 142 g/mol. The van der Waals surface area contributed by atoms with Gasteiger partial charge in [-0.2, -0.15) is 0 Å². The monoisotopic (exact) mass is 151 g/mol. The molecule has 0 aliphatic carbocycles. The van der Waals surface area contributed by atoms with Crippen LogP contribution < -0.4 is 4.84 Å². The number of rotatable bonds is 1. The molecule has 2 rings (SSSR count). The van der Waals surface area contributed by atoms with E-state index in [-0.39, 0.29) is 0 Å². The van der Waals surface area contributed by atoms with Crippen LogP contribution in [-0.2, 0) is 11.4 Å². The fourth-order valence-electron chi connectivity index (χ4n) is 1.11. The lowest BCUT2D eigenvalue weighted by Gasteiger charge is -2.08. The van der Waals surface area contributed by atoms with E-state index < -0.39 is 0 Å². The Balaban J connectivity index is 2.27. The molecule has 0 saturated carbocycles. The van der Waals surface area contributed by atoms with E-state index >= 15 is 0 Å². The minimum atomic E-state index is 0.701. The van der Waals surface area contributed by atoms with Crippen LogP contribution in [0.5, 0.6) is 5.75 Å². The van der Waals surface area contributed by atoms with Crippen LogP contribution in [0.25, 0.3) is 0 Å². The smallest absolute Gasteiger partial charge is 0.155 e. The zero-order chi connectivity index (χ0) is 7.68. The van der Waals surface area contributed by atoms with Crippen molar-refractivity contribution in [3.63, 3.8) is 0 Å². The summed E-state index contributed by atoms with van der Waals surface area (Å²) < 4.78 is 0. The number of nitrogens with zero attached hydrogens (tertiary/aromatic N) is 1. The van der Waals surface area contributed by atoms with Crippen LogP contribution >= 0.6 is 0 Å². The lowest BCUT2D eigenvalue weighted by Crippen LogP contribution is -2.19. The highest BCUT2D eigenvalue weighted by Gasteiger charge is 2.19. The number of hydrogen-bond donors (Lipinski definition) is 0. The predicted molar refractivity (Wildman–Crippen MR) is 39.6 cm³/mol. The molecule has 11 heavy (non-hydrogen) atoms. The van der Waals surface area contributed by atoms with Gasteiger partial charge in [-0.1, -0.05) is 18.2 Å². The number of hydroxylamine groups is 2. The van der Waals surface area contributed by atoms with Crippen molar-refractivity contribution in [2.24, 2.45) is 0 Å². The van der Waals surface area contributed by atoms with Gasteiger partial charge in [0, 0.05) is 5.56 Å². The molecule has 0 spiro atoms. The highest BCUT2D eigenvalue weighted by Crippen LogP contribution is 2.26. The van der Waals surface area contributed by atoms with Gasteiger partial charge >= 0.3 is 0 Å². The molecule has 0 atom stereocenters. The second-order valence-electron chi connectivity index (χ2n) is 2.37. The number of hydrogen-bond acceptors (Lipinski definition) is 3. The second-order valence-corrected chi connectivity index (χ2v) is 2.37. The molecule has 0 unspecified atom stereocenters. The first-order valence-corrected chi connectivity index (χ1v) is 3.47. The van der Waals surface area contributed by atoms with Crippen molar-refractivity contribution < 1.29 is 9.68 Å². The molecule has 0 saturated heterocycles. The lowest BCUT2D eigenvalue weighted by atomic mass is 10.2. The highest BCUT2D eigenvalue weighted by molar-refractivity contribution is 5.34. The predicted octanol–water partition coefficient (Wildman–Crippen LogP) is 1.36. The largest absolute Gasteiger partial charge is 0.380 e. The molecule has 1 aromatic carbocycles. The van der Waals surface area contributed by atoms with Crippen LogP contribution in [0.1, 0.15) is 5.56 Å². The minimum absolute atomic E-state index is 0.701. The van der Waals surface area contributed by atoms with E-state index in [9.17, 15) is 0 Å². The maximum Gasteiger partial charge on any atom is 0.155 e. The van der Waals surface area contributed by atoms with Crippen LogP contribution in [0.2, 0.25) is 0 Å². The van der Waals surface area contributed by atoms with E-state index in [0.29, 0.717) is 6.54 Å². The lowest BCUT2D eigenvalue weighted by molar-refractivity contribution is -0.296. The molecule has 0 bridgehead atoms. The van der Waals surface area contributed by atoms with Gasteiger partial charge < -0.3 is 4.84 Å². The highest BCUT2D eigenvalue weighted by atomic mass is 16.9. The summed E-state index contributed by atoms with van der Waals surface area (Å²) in [6.07, 6.45) is 0. The molecule has 58 valence electrons. The Morgan fingerprint density at radius 3 is 3.00 bits per heavy atom. The maximum absolute atomic E-state index is 5.27. The first-order valence-electron chi connectivity index (χ1n) is 3.47. The van der Waals surface area contributed by atoms with Crippen molar-refractivity contribution in [3.8, 4) is 5.75 Å². The Kier molecular flexibility index (Phi) is 1.52. The fourth-order valence-corrected chi connectivity index (χ4v) is 1.11. The average Bonchev–Trinajstić information content (AvgIpc) is 2.46. The van der Waals surface area contributed by atoms with Gasteiger partial charge in [-0.05, 0) is 11.3 Å². The van der Waals surface area contributed by atoms with Gasteiger partial charge in [0.15, 0.2) is 5.75 Å². The molecular formula is C8H9NO2. The second kappa shape index (κ2) is 2.53. The van der Waals surface area contributed by atoms with Crippen molar-refractivity contribution in [1.29, 1.82) is 0 Å². The summed E-state index contributed by atoms with van der Waals surface area (Å²) in [5.74, 6) is 0.884. The van der Waals surface area contributed by atoms with E-state index in [0.717, 1.165) is 11.3 Å². The van der Waals surface area contributed by atoms with Crippen LogP contribution in [0.15, 0.2) is 24.3 Å². The van der Waals surface area contributed by atoms with Gasteiger partial charge in [-0.25, -0.2) is 0 Å². The summed E-state index contributed by atoms with van der Waals surface area (Å²) in [5, 5.41) is 1.45. The minimum Gasteiger partial charge on any atom is -0.380 e. The first-order chi connectivity index (χ1) is 5.40. The molecule has 0 fully saturated rings. The SMILES string of the molecule is CON1Cc2ccccc2O1. The van der Waals surface area contributed by atoms with Crippen molar-refractivity contribution in [2.45, 2.75) is 6.54 Å². The average molecular weight is 151 g/mol. The van der Waals surface area contributed by atoms with E-state index in [2.05, 4.69) is 0 Å². The fraction of sp³-hybridized carbons (Fsp3) is 0.250. The van der Waals surface area contributed by atoms with Gasteiger partial charge in [-0.15, -0.1) is 0 Å². The van der Waals surface area contributed by atoms with Crippen LogP contribution in [0, 0.1) is 0 Å². The van der Waals surface area contributed by atoms with Gasteiger partial charge in [0.2, 0.25) is 0 Å². The van der Waals surface area contributed by atoms with Crippen LogP contribution in [-0.4, -0.2) is 12.3 Å². The van der Waals surface area contributed by atoms with Crippen LogP contribution in [0.3, 0.4) is 0 Å². The summed E-state index contributed by atoms with van der Waals surface area (Å²) >= 11 is 0. The number of para-hydroxylation sites is 1. The van der Waals surface area contributed by atoms with Crippen LogP contribution in [0.4, 0.5) is 0 Å². The topological polar surface area (TPSA) is 21.7 Å². The van der Waals surface area contributed by atoms with E-state index in [1.807, 2.05) is 24.3 Å². The molecule has 1 aromatic rings. The van der Waals surface area contributed by atoms with Gasteiger partial charge in [0.25, 0.3) is 0 Å². The van der Waals surface area contributed by atoms with Crippen molar-refractivity contribution in [3.05, 3.63) is 29.8 Å². The molecule has 0 aromatic heterocycles. The summed E-state index contributed by atoms with van der Waals surface area (Å²) in [7, 11) is 1.59. The summed E-state index contributed by atoms with van der Waals surface area (Å²) in [6.45, 7) is 0.701. The number of benzene rings is 1. The van der Waals surface area contributed by atoms with Crippen molar-refractivity contribution in [2.75, 3.05) is 7.11 Å². The molecule has 1 heterocycles. The zero-order valence-corrected chi connectivity index (χ0v) is 6.28. The van der Waals surface area contributed by atoms with Gasteiger partial charge in [0.1, 0.15) is 0 Å². The van der Waals surface area contributed by atoms with E-state index in [1.165, 1.54) is 5.23 Å². The quantitative estimate of drug-likeness (QED) is 0.604. The maximum atomic E-state index is 5.27. The third-order valence-corrected chi connectivity index (χ3v) is 1.68. The molecule has 0 N–H and O–H groups in total. The van der Waals surface area contributed by atoms with Crippen molar-refractivity contribution in [1.82, 2.24) is 5.23 Å². The Bertz CT molecular complexity index is 237. The molecule has 3 heteroatoms. The van der Waals surface area contributed by atoms with E-state index in [1.54, 1.807) is 7.11 Å². The summed E-state index contributed by atoms with van der Waals surface area (Å²) in [4.78, 5) is 10.2. The Morgan fingerprint density at radius 2 is 2.27 bits per heavy atom. The van der Waals surface area contributed by atoms with Gasteiger partial charge in [0.05, 0.1) is 13.7 Å². The Labute approximate surface area is 65.1 Å². The molecule has 1 aliphatic rings. The molecule has 1 aliphatic heterocycles. The zero-order valence-electron chi connectivity index (χ0n) is 6.28. The Morgan fingerprint density at radius 1 is 1.45 bits per heavy atom. The molecule has 0 radical (unpaired) electrons. The third kappa shape index (κ3) is 1.08. The molecule has 3 nitrogen and oxygen atoms in total. The summed E-state index contributed by atoms with van der Waals surface area (Å²) in [6, 6.07) is 7.88. The van der Waals surface area contributed by atoms with Crippen molar-refractivity contribution >= 4 is 0 Å². The third-order valence-electron chi connectivity index (χ3n) is 1.68. The Hall–Kier alpha value is -1.06. The van der Waals surface area contributed by atoms with Gasteiger partial charge in [-0.3, -0.25) is 4.84 Å². The van der Waals surface area contributed by atoms with E-state index in [4.69, 9.17) is 9.68 Å². The summed E-state index contributed by atoms with van der Waals surface area (Å²) in [5.41, 5.74) is 1.16. The first kappa shape index (κ1) is 6.64. The standard InChI is InChI=1S/C8H9NO2/c1-10-9-6-7-4-2-3-5-8(7)11-9/h2-5H,6H2,1H3. The molecule has 0 amide bonds. The normalized spacial score (nSPS) is 16.1.